The summed E-state index contributed by atoms with van der Waals surface area (Å²) >= 11 is 1.29. The third-order valence-corrected chi connectivity index (χ3v) is 8.03. The van der Waals surface area contributed by atoms with E-state index in [0.29, 0.717) is 20.6 Å². The van der Waals surface area contributed by atoms with Crippen LogP contribution >= 0.6 is 11.3 Å². The predicted molar refractivity (Wildman–Crippen MR) is 162 cm³/mol. The molecule has 1 aliphatic rings. The lowest BCUT2D eigenvalue weighted by Gasteiger charge is -2.24. The quantitative estimate of drug-likeness (QED) is 0.263. The second-order valence-corrected chi connectivity index (χ2v) is 10.7. The first-order valence-corrected chi connectivity index (χ1v) is 14.3. The third-order valence-electron chi connectivity index (χ3n) is 7.05. The van der Waals surface area contributed by atoms with Crippen molar-refractivity contribution in [3.63, 3.8) is 0 Å². The second-order valence-electron chi connectivity index (χ2n) is 9.65. The van der Waals surface area contributed by atoms with Crippen LogP contribution in [0.25, 0.3) is 23.0 Å². The van der Waals surface area contributed by atoms with E-state index in [-0.39, 0.29) is 12.2 Å². The number of rotatable bonds is 7. The van der Waals surface area contributed by atoms with Gasteiger partial charge in [0.2, 0.25) is 0 Å². The molecule has 0 saturated carbocycles. The Balaban J connectivity index is 1.55. The molecule has 210 valence electrons. The summed E-state index contributed by atoms with van der Waals surface area (Å²) in [4.78, 5) is 32.4. The van der Waals surface area contributed by atoms with E-state index in [1.54, 1.807) is 30.2 Å². The minimum atomic E-state index is -0.656. The maximum Gasteiger partial charge on any atom is 0.338 e. The fraction of sp³-hybridized carbons (Fsp3) is 0.152. The van der Waals surface area contributed by atoms with E-state index in [4.69, 9.17) is 14.6 Å². The molecule has 3 heterocycles. The second kappa shape index (κ2) is 11.5. The summed E-state index contributed by atoms with van der Waals surface area (Å²) in [6, 6.07) is 26.3. The molecule has 0 saturated heterocycles. The highest BCUT2D eigenvalue weighted by Crippen LogP contribution is 2.31. The zero-order valence-electron chi connectivity index (χ0n) is 23.4. The molecule has 5 aromatic rings. The van der Waals surface area contributed by atoms with E-state index in [2.05, 4.69) is 4.99 Å². The van der Waals surface area contributed by atoms with Crippen LogP contribution in [-0.2, 0) is 9.53 Å². The molecule has 0 bridgehead atoms. The highest BCUT2D eigenvalue weighted by atomic mass is 32.1. The normalized spacial score (nSPS) is 14.8. The Morgan fingerprint density at radius 2 is 1.69 bits per heavy atom. The Morgan fingerprint density at radius 3 is 2.36 bits per heavy atom. The first-order chi connectivity index (χ1) is 20.5. The number of methoxy groups -OCH3 is 1. The molecule has 8 nitrogen and oxygen atoms in total. The van der Waals surface area contributed by atoms with Crippen LogP contribution in [0.3, 0.4) is 0 Å². The topological polar surface area (TPSA) is 87.7 Å². The first kappa shape index (κ1) is 27.2. The Morgan fingerprint density at radius 1 is 1.00 bits per heavy atom. The van der Waals surface area contributed by atoms with Gasteiger partial charge in [0.1, 0.15) is 11.4 Å². The van der Waals surface area contributed by atoms with Crippen LogP contribution in [0.2, 0.25) is 0 Å². The molecular formula is C33H28N4O4S. The van der Waals surface area contributed by atoms with E-state index in [0.717, 1.165) is 33.8 Å². The van der Waals surface area contributed by atoms with Crippen molar-refractivity contribution in [1.29, 1.82) is 0 Å². The molecule has 9 heteroatoms. The Hall–Kier alpha value is -5.02. The molecule has 1 aliphatic heterocycles. The number of aromatic nitrogens is 3. The number of allylic oxidation sites excluding steroid dienone is 1. The van der Waals surface area contributed by atoms with Crippen LogP contribution in [-0.4, -0.2) is 34.0 Å². The van der Waals surface area contributed by atoms with E-state index in [1.165, 1.54) is 11.3 Å². The summed E-state index contributed by atoms with van der Waals surface area (Å²) in [7, 11) is 1.63. The molecule has 6 rings (SSSR count). The average Bonchev–Trinajstić information content (AvgIpc) is 3.58. The summed E-state index contributed by atoms with van der Waals surface area (Å²) in [6.45, 7) is 3.77. The average molecular weight is 577 g/mol. The van der Waals surface area contributed by atoms with Gasteiger partial charge in [-0.15, -0.1) is 0 Å². The SMILES string of the molecule is CCOC(=O)C1=C(C)N=c2s/c(=C\c3cn(-c4ccccc4)nc3-c3ccc(OC)cc3)c(=O)n2[C@H]1c1ccccc1. The maximum absolute atomic E-state index is 14.1. The lowest BCUT2D eigenvalue weighted by atomic mass is 9.96. The van der Waals surface area contributed by atoms with Crippen LogP contribution in [0.4, 0.5) is 0 Å². The van der Waals surface area contributed by atoms with E-state index in [9.17, 15) is 9.59 Å². The number of benzene rings is 3. The highest BCUT2D eigenvalue weighted by molar-refractivity contribution is 7.07. The van der Waals surface area contributed by atoms with Crippen LogP contribution in [0, 0.1) is 0 Å². The first-order valence-electron chi connectivity index (χ1n) is 13.5. The number of hydrogen-bond acceptors (Lipinski definition) is 7. The van der Waals surface area contributed by atoms with Crippen molar-refractivity contribution in [2.75, 3.05) is 13.7 Å². The van der Waals surface area contributed by atoms with Gasteiger partial charge in [0.05, 0.1) is 41.2 Å². The standard InChI is InChI=1S/C33H28N4O4S/c1-4-41-32(39)28-21(2)34-33-37(30(28)23-11-7-5-8-12-23)31(38)27(42-33)19-24-20-36(25-13-9-6-10-14-25)35-29(24)22-15-17-26(40-3)18-16-22/h5-20,30H,4H2,1-3H3/b27-19-/t30-/m0/s1. The van der Waals surface area contributed by atoms with Crippen molar-refractivity contribution in [1.82, 2.24) is 14.3 Å². The molecule has 42 heavy (non-hydrogen) atoms. The van der Waals surface area contributed by atoms with Crippen molar-refractivity contribution in [3.05, 3.63) is 133 Å². The number of carbonyl (C=O) groups is 1. The molecule has 0 radical (unpaired) electrons. The largest absolute Gasteiger partial charge is 0.497 e. The fourth-order valence-corrected chi connectivity index (χ4v) is 6.10. The summed E-state index contributed by atoms with van der Waals surface area (Å²) in [5, 5.41) is 4.89. The molecule has 2 aromatic heterocycles. The predicted octanol–water partition coefficient (Wildman–Crippen LogP) is 4.66. The van der Waals surface area contributed by atoms with Gasteiger partial charge >= 0.3 is 5.97 Å². The van der Waals surface area contributed by atoms with Crippen LogP contribution in [0.1, 0.15) is 31.0 Å². The van der Waals surface area contributed by atoms with Gasteiger partial charge < -0.3 is 9.47 Å². The smallest absolute Gasteiger partial charge is 0.338 e. The van der Waals surface area contributed by atoms with E-state index < -0.39 is 12.0 Å². The summed E-state index contributed by atoms with van der Waals surface area (Å²) in [6.07, 6.45) is 3.76. The number of carbonyl (C=O) groups excluding carboxylic acids is 1. The number of fused-ring (bicyclic) bond motifs is 1. The summed E-state index contributed by atoms with van der Waals surface area (Å²) in [5.74, 6) is 0.262. The molecule has 0 aliphatic carbocycles. The zero-order chi connectivity index (χ0) is 29.2. The van der Waals surface area contributed by atoms with Gasteiger partial charge in [-0.25, -0.2) is 14.5 Å². The Kier molecular flexibility index (Phi) is 7.41. The number of para-hydroxylation sites is 1. The Bertz CT molecular complexity index is 1970. The van der Waals surface area contributed by atoms with E-state index >= 15 is 0 Å². The van der Waals surface area contributed by atoms with Crippen molar-refractivity contribution < 1.29 is 14.3 Å². The van der Waals surface area contributed by atoms with Crippen LogP contribution in [0.15, 0.2) is 112 Å². The molecule has 0 amide bonds. The minimum absolute atomic E-state index is 0.223. The van der Waals surface area contributed by atoms with Crippen molar-refractivity contribution >= 4 is 23.4 Å². The number of thiazole rings is 1. The van der Waals surface area contributed by atoms with Gasteiger partial charge in [-0.3, -0.25) is 9.36 Å². The van der Waals surface area contributed by atoms with Crippen molar-refractivity contribution in [2.45, 2.75) is 19.9 Å². The van der Waals surface area contributed by atoms with Crippen LogP contribution in [0.5, 0.6) is 5.75 Å². The number of esters is 1. The lowest BCUT2D eigenvalue weighted by molar-refractivity contribution is -0.139. The number of ether oxygens (including phenoxy) is 2. The number of hydrogen-bond donors (Lipinski definition) is 0. The van der Waals surface area contributed by atoms with Gasteiger partial charge in [0.25, 0.3) is 5.56 Å². The minimum Gasteiger partial charge on any atom is -0.497 e. The lowest BCUT2D eigenvalue weighted by Crippen LogP contribution is -2.39. The van der Waals surface area contributed by atoms with E-state index in [1.807, 2.05) is 97.2 Å². The number of nitrogens with zero attached hydrogens (tertiary/aromatic N) is 4. The molecule has 1 atom stereocenters. The highest BCUT2D eigenvalue weighted by Gasteiger charge is 2.33. The Labute approximate surface area is 246 Å². The van der Waals surface area contributed by atoms with Gasteiger partial charge in [0, 0.05) is 17.3 Å². The van der Waals surface area contributed by atoms with Gasteiger partial charge in [-0.2, -0.15) is 5.10 Å². The van der Waals surface area contributed by atoms with Gasteiger partial charge in [0.15, 0.2) is 4.80 Å². The fourth-order valence-electron chi connectivity index (χ4n) is 5.06. The zero-order valence-corrected chi connectivity index (χ0v) is 24.2. The summed E-state index contributed by atoms with van der Waals surface area (Å²) < 4.78 is 14.6. The third kappa shape index (κ3) is 4.99. The summed E-state index contributed by atoms with van der Waals surface area (Å²) in [5.41, 5.74) is 4.72. The van der Waals surface area contributed by atoms with Crippen LogP contribution < -0.4 is 19.6 Å². The molecular weight excluding hydrogens is 548 g/mol. The molecule has 3 aromatic carbocycles. The van der Waals surface area contributed by atoms with Gasteiger partial charge in [-0.1, -0.05) is 59.9 Å². The van der Waals surface area contributed by atoms with Gasteiger partial charge in [-0.05, 0) is 61.9 Å². The molecule has 0 spiro atoms. The van der Waals surface area contributed by atoms with Crippen molar-refractivity contribution in [2.24, 2.45) is 4.99 Å². The maximum atomic E-state index is 14.1. The van der Waals surface area contributed by atoms with Crippen molar-refractivity contribution in [3.8, 4) is 22.7 Å². The monoisotopic (exact) mass is 576 g/mol. The molecule has 0 fully saturated rings. The molecule has 0 N–H and O–H groups in total. The molecule has 0 unspecified atom stereocenters.